The molecule has 1 amide bonds. The van der Waals surface area contributed by atoms with Gasteiger partial charge in [-0.25, -0.2) is 4.98 Å². The zero-order valence-electron chi connectivity index (χ0n) is 20.4. The number of benzene rings is 3. The number of rotatable bonds is 9. The third-order valence-corrected chi connectivity index (χ3v) is 6.22. The van der Waals surface area contributed by atoms with Crippen LogP contribution in [0.5, 0.6) is 5.75 Å². The SMILES string of the molecule is CCC(c1nc2cc(Cl)ccc2c(=O)n1Oc1ccccc1)N(CCCN)C(=O)c1ccc(C)cc1. The molecule has 0 fully saturated rings. The molecule has 3 aromatic carbocycles. The summed E-state index contributed by atoms with van der Waals surface area (Å²) in [4.78, 5) is 39.9. The molecule has 0 spiro atoms. The highest BCUT2D eigenvalue weighted by Crippen LogP contribution is 2.27. The number of para-hydroxylation sites is 1. The predicted molar refractivity (Wildman–Crippen MR) is 142 cm³/mol. The lowest BCUT2D eigenvalue weighted by atomic mass is 10.1. The van der Waals surface area contributed by atoms with Crippen molar-refractivity contribution >= 4 is 28.4 Å². The van der Waals surface area contributed by atoms with Crippen molar-refractivity contribution in [2.45, 2.75) is 32.7 Å². The average Bonchev–Trinajstić information content (AvgIpc) is 2.89. The fourth-order valence-electron chi connectivity index (χ4n) is 4.11. The summed E-state index contributed by atoms with van der Waals surface area (Å²) < 4.78 is 1.19. The molecular formula is C28H29ClN4O3. The van der Waals surface area contributed by atoms with Gasteiger partial charge >= 0.3 is 0 Å². The minimum absolute atomic E-state index is 0.165. The number of fused-ring (bicyclic) bond motifs is 1. The van der Waals surface area contributed by atoms with E-state index < -0.39 is 6.04 Å². The molecule has 0 aliphatic carbocycles. The number of halogens is 1. The molecule has 36 heavy (non-hydrogen) atoms. The van der Waals surface area contributed by atoms with Gasteiger partial charge in [-0.3, -0.25) is 9.59 Å². The number of aromatic nitrogens is 2. The summed E-state index contributed by atoms with van der Waals surface area (Å²) in [5.74, 6) is 0.629. The minimum atomic E-state index is -0.551. The second kappa shape index (κ2) is 11.4. The Hall–Kier alpha value is -3.68. The molecule has 1 aromatic heterocycles. The Morgan fingerprint density at radius 3 is 2.50 bits per heavy atom. The van der Waals surface area contributed by atoms with Crippen molar-refractivity contribution in [2.75, 3.05) is 13.1 Å². The van der Waals surface area contributed by atoms with Crippen molar-refractivity contribution in [3.63, 3.8) is 0 Å². The molecule has 2 N–H and O–H groups in total. The van der Waals surface area contributed by atoms with Crippen LogP contribution in [0.1, 0.15) is 47.6 Å². The predicted octanol–water partition coefficient (Wildman–Crippen LogP) is 5.14. The van der Waals surface area contributed by atoms with Crippen LogP contribution in [-0.2, 0) is 0 Å². The summed E-state index contributed by atoms with van der Waals surface area (Å²) >= 11 is 6.22. The van der Waals surface area contributed by atoms with Crippen LogP contribution >= 0.6 is 11.6 Å². The first-order chi connectivity index (χ1) is 17.4. The van der Waals surface area contributed by atoms with Crippen LogP contribution in [-0.4, -0.2) is 33.6 Å². The van der Waals surface area contributed by atoms with Gasteiger partial charge in [0.05, 0.1) is 16.9 Å². The smallest absolute Gasteiger partial charge is 0.294 e. The molecule has 0 aliphatic rings. The number of nitrogens with two attached hydrogens (primary N) is 1. The van der Waals surface area contributed by atoms with E-state index in [2.05, 4.69) is 0 Å². The molecule has 0 saturated heterocycles. The Labute approximate surface area is 215 Å². The highest BCUT2D eigenvalue weighted by atomic mass is 35.5. The maximum atomic E-state index is 13.7. The summed E-state index contributed by atoms with van der Waals surface area (Å²) in [7, 11) is 0. The third-order valence-electron chi connectivity index (χ3n) is 5.98. The first kappa shape index (κ1) is 25.4. The lowest BCUT2D eigenvalue weighted by Crippen LogP contribution is -2.41. The van der Waals surface area contributed by atoms with E-state index in [0.29, 0.717) is 59.0 Å². The highest BCUT2D eigenvalue weighted by Gasteiger charge is 2.30. The van der Waals surface area contributed by atoms with Gasteiger partial charge in [0.25, 0.3) is 11.5 Å². The van der Waals surface area contributed by atoms with Gasteiger partial charge in [0.1, 0.15) is 0 Å². The van der Waals surface area contributed by atoms with Crippen molar-refractivity contribution in [1.29, 1.82) is 0 Å². The van der Waals surface area contributed by atoms with Crippen molar-refractivity contribution in [3.8, 4) is 5.75 Å². The van der Waals surface area contributed by atoms with E-state index in [0.717, 1.165) is 5.56 Å². The molecule has 1 heterocycles. The largest absolute Gasteiger partial charge is 0.370 e. The van der Waals surface area contributed by atoms with Gasteiger partial charge in [0.2, 0.25) is 0 Å². The van der Waals surface area contributed by atoms with Crippen LogP contribution in [0.4, 0.5) is 0 Å². The molecule has 0 bridgehead atoms. The minimum Gasteiger partial charge on any atom is -0.370 e. The standard InChI is InChI=1S/C28H29ClN4O3/c1-3-25(32(17-7-16-30)27(34)20-12-10-19(2)11-13-20)26-31-24-18-21(29)14-15-23(24)28(35)33(26)36-22-8-5-4-6-9-22/h4-6,8-15,18,25H,3,7,16-17,30H2,1-2H3. The molecule has 4 rings (SSSR count). The van der Waals surface area contributed by atoms with Crippen LogP contribution < -0.4 is 16.1 Å². The summed E-state index contributed by atoms with van der Waals surface area (Å²) in [6, 6.07) is 20.8. The average molecular weight is 505 g/mol. The van der Waals surface area contributed by atoms with E-state index in [1.165, 1.54) is 4.73 Å². The number of amides is 1. The molecule has 186 valence electrons. The third kappa shape index (κ3) is 5.42. The van der Waals surface area contributed by atoms with Gasteiger partial charge in [-0.2, -0.15) is 0 Å². The van der Waals surface area contributed by atoms with E-state index in [-0.39, 0.29) is 11.5 Å². The Morgan fingerprint density at radius 2 is 1.83 bits per heavy atom. The molecule has 8 heteroatoms. The van der Waals surface area contributed by atoms with Crippen molar-refractivity contribution in [1.82, 2.24) is 14.6 Å². The summed E-state index contributed by atoms with van der Waals surface area (Å²) in [5.41, 5.74) is 7.49. The maximum absolute atomic E-state index is 13.7. The van der Waals surface area contributed by atoms with Crippen LogP contribution in [0.3, 0.4) is 0 Å². The fraction of sp³-hybridized carbons (Fsp3) is 0.250. The second-order valence-electron chi connectivity index (χ2n) is 8.57. The first-order valence-corrected chi connectivity index (χ1v) is 12.3. The van der Waals surface area contributed by atoms with Crippen molar-refractivity contribution in [3.05, 3.63) is 105 Å². The van der Waals surface area contributed by atoms with Gasteiger partial charge in [0.15, 0.2) is 11.6 Å². The van der Waals surface area contributed by atoms with E-state index in [1.807, 2.05) is 44.2 Å². The Balaban J connectivity index is 1.89. The Morgan fingerprint density at radius 1 is 1.11 bits per heavy atom. The number of nitrogens with zero attached hydrogens (tertiary/aromatic N) is 3. The number of hydrogen-bond acceptors (Lipinski definition) is 5. The lowest BCUT2D eigenvalue weighted by Gasteiger charge is -2.32. The molecule has 0 radical (unpaired) electrons. The van der Waals surface area contributed by atoms with E-state index in [9.17, 15) is 9.59 Å². The van der Waals surface area contributed by atoms with E-state index >= 15 is 0 Å². The van der Waals surface area contributed by atoms with Crippen LogP contribution in [0.25, 0.3) is 10.9 Å². The van der Waals surface area contributed by atoms with E-state index in [1.54, 1.807) is 47.4 Å². The zero-order valence-corrected chi connectivity index (χ0v) is 21.1. The maximum Gasteiger partial charge on any atom is 0.294 e. The van der Waals surface area contributed by atoms with Crippen molar-refractivity contribution < 1.29 is 9.63 Å². The number of aryl methyl sites for hydroxylation is 1. The van der Waals surface area contributed by atoms with Gasteiger partial charge in [-0.1, -0.05) is 54.4 Å². The molecule has 0 aliphatic heterocycles. The topological polar surface area (TPSA) is 90.5 Å². The summed E-state index contributed by atoms with van der Waals surface area (Å²) in [5, 5.41) is 0.832. The van der Waals surface area contributed by atoms with Gasteiger partial charge in [0, 0.05) is 17.1 Å². The number of hydrogen-bond donors (Lipinski definition) is 1. The van der Waals surface area contributed by atoms with E-state index in [4.69, 9.17) is 27.2 Å². The van der Waals surface area contributed by atoms with Crippen LogP contribution in [0.2, 0.25) is 5.02 Å². The second-order valence-corrected chi connectivity index (χ2v) is 9.00. The molecule has 1 unspecified atom stereocenters. The quantitative estimate of drug-likeness (QED) is 0.340. The van der Waals surface area contributed by atoms with Gasteiger partial charge in [-0.05, 0) is 68.8 Å². The number of carbonyl (C=O) groups is 1. The van der Waals surface area contributed by atoms with Gasteiger partial charge in [-0.15, -0.1) is 4.73 Å². The Bertz CT molecular complexity index is 1400. The summed E-state index contributed by atoms with van der Waals surface area (Å²) in [6.07, 6.45) is 1.09. The molecule has 7 nitrogen and oxygen atoms in total. The van der Waals surface area contributed by atoms with Crippen molar-refractivity contribution in [2.24, 2.45) is 5.73 Å². The fourth-order valence-corrected chi connectivity index (χ4v) is 4.28. The lowest BCUT2D eigenvalue weighted by molar-refractivity contribution is 0.0627. The van der Waals surface area contributed by atoms with Gasteiger partial charge < -0.3 is 15.5 Å². The summed E-state index contributed by atoms with van der Waals surface area (Å²) in [6.45, 7) is 4.74. The Kier molecular flexibility index (Phi) is 8.03. The van der Waals surface area contributed by atoms with Crippen LogP contribution in [0, 0.1) is 6.92 Å². The molecular weight excluding hydrogens is 476 g/mol. The number of carbonyl (C=O) groups excluding carboxylic acids is 1. The zero-order chi connectivity index (χ0) is 25.7. The highest BCUT2D eigenvalue weighted by molar-refractivity contribution is 6.31. The monoisotopic (exact) mass is 504 g/mol. The van der Waals surface area contributed by atoms with Crippen LogP contribution in [0.15, 0.2) is 77.6 Å². The molecule has 1 atom stereocenters. The molecule has 0 saturated carbocycles. The normalized spacial score (nSPS) is 11.9. The molecule has 4 aromatic rings. The first-order valence-electron chi connectivity index (χ1n) is 12.0.